The monoisotopic (exact) mass is 185 g/mol. The molecule has 0 amide bonds. The molecule has 0 bridgehead atoms. The Balaban J connectivity index is 2.75. The summed E-state index contributed by atoms with van der Waals surface area (Å²) in [7, 11) is 8.10. The van der Waals surface area contributed by atoms with Gasteiger partial charge in [0, 0.05) is 6.54 Å². The Labute approximate surface area is 80.1 Å². The van der Waals surface area contributed by atoms with E-state index in [-0.39, 0.29) is 18.1 Å². The van der Waals surface area contributed by atoms with Gasteiger partial charge in [0.15, 0.2) is 0 Å². The minimum Gasteiger partial charge on any atom is -0.298 e. The van der Waals surface area contributed by atoms with Gasteiger partial charge in [0.2, 0.25) is 0 Å². The fourth-order valence-electron chi connectivity index (χ4n) is 2.14. The van der Waals surface area contributed by atoms with E-state index in [4.69, 9.17) is 0 Å². The molecule has 0 aromatic rings. The van der Waals surface area contributed by atoms with E-state index in [9.17, 15) is 4.79 Å². The van der Waals surface area contributed by atoms with Crippen molar-refractivity contribution >= 4 is 5.78 Å². The van der Waals surface area contributed by atoms with E-state index in [0.717, 1.165) is 6.54 Å². The van der Waals surface area contributed by atoms with E-state index in [2.05, 4.69) is 14.7 Å². The molecule has 1 aliphatic rings. The number of carbonyl (C=O) groups is 1. The van der Waals surface area contributed by atoms with E-state index >= 15 is 0 Å². The van der Waals surface area contributed by atoms with Gasteiger partial charge in [-0.05, 0) is 35.1 Å². The Morgan fingerprint density at radius 3 is 2.15 bits per heavy atom. The van der Waals surface area contributed by atoms with Crippen LogP contribution in [0.15, 0.2) is 0 Å². The molecule has 13 heavy (non-hydrogen) atoms. The molecular weight excluding hydrogens is 166 g/mol. The summed E-state index contributed by atoms with van der Waals surface area (Å²) in [6.45, 7) is 2.49. The van der Waals surface area contributed by atoms with Crippen LogP contribution in [0, 0.1) is 0 Å². The Morgan fingerprint density at radius 2 is 1.92 bits per heavy atom. The highest BCUT2D eigenvalue weighted by Gasteiger charge is 2.38. The molecule has 0 saturated carbocycles. The lowest BCUT2D eigenvalue weighted by atomic mass is 10.2. The molecule has 1 fully saturated rings. The highest BCUT2D eigenvalue weighted by atomic mass is 16.1. The molecule has 0 aliphatic carbocycles. The number of carbonyl (C=O) groups excluding carboxylic acids is 1. The number of rotatable bonds is 2. The zero-order valence-corrected chi connectivity index (χ0v) is 9.11. The second-order valence-corrected chi connectivity index (χ2v) is 4.04. The van der Waals surface area contributed by atoms with E-state index in [1.165, 1.54) is 0 Å². The molecule has 0 spiro atoms. The minimum atomic E-state index is 0.0531. The van der Waals surface area contributed by atoms with Gasteiger partial charge in [0.1, 0.15) is 12.1 Å². The predicted octanol–water partition coefficient (Wildman–Crippen LogP) is -0.334. The maximum Gasteiger partial charge on any atom is 0.148 e. The van der Waals surface area contributed by atoms with Crippen LogP contribution in [-0.4, -0.2) is 67.5 Å². The summed E-state index contributed by atoms with van der Waals surface area (Å²) in [6.07, 6.45) is 0.244. The quantitative estimate of drug-likeness (QED) is 0.588. The van der Waals surface area contributed by atoms with Crippen LogP contribution in [0.2, 0.25) is 0 Å². The topological polar surface area (TPSA) is 26.8 Å². The molecule has 4 heteroatoms. The first kappa shape index (κ1) is 10.6. The maximum absolute atomic E-state index is 11.3. The first-order chi connectivity index (χ1) is 5.95. The molecule has 1 saturated heterocycles. The summed E-state index contributed by atoms with van der Waals surface area (Å²) >= 11 is 0. The zero-order valence-electron chi connectivity index (χ0n) is 9.11. The van der Waals surface area contributed by atoms with Gasteiger partial charge in [-0.1, -0.05) is 0 Å². The third-order valence-electron chi connectivity index (χ3n) is 2.64. The lowest BCUT2D eigenvalue weighted by molar-refractivity contribution is -0.121. The number of likely N-dealkylation sites (N-methyl/N-ethyl adjacent to an activating group) is 2. The van der Waals surface area contributed by atoms with Crippen molar-refractivity contribution in [1.29, 1.82) is 0 Å². The van der Waals surface area contributed by atoms with Crippen LogP contribution in [0.1, 0.15) is 6.92 Å². The molecule has 1 aliphatic heterocycles. The molecule has 0 radical (unpaired) electrons. The van der Waals surface area contributed by atoms with E-state index < -0.39 is 0 Å². The number of Topliss-reactive ketones (excluding diaryl/α,β-unsaturated/α-hetero) is 1. The van der Waals surface area contributed by atoms with E-state index in [1.54, 1.807) is 6.92 Å². The largest absolute Gasteiger partial charge is 0.298 e. The first-order valence-electron chi connectivity index (χ1n) is 4.54. The van der Waals surface area contributed by atoms with Crippen molar-refractivity contribution < 1.29 is 4.79 Å². The molecule has 0 aromatic heterocycles. The Kier molecular flexibility index (Phi) is 3.05. The number of hydrogen-bond acceptors (Lipinski definition) is 4. The normalized spacial score (nSPS) is 31.5. The fraction of sp³-hybridized carbons (Fsp3) is 0.889. The van der Waals surface area contributed by atoms with E-state index in [1.807, 2.05) is 28.2 Å². The number of nitrogens with zero attached hydrogens (tertiary/aromatic N) is 3. The van der Waals surface area contributed by atoms with Crippen molar-refractivity contribution in [2.75, 3.05) is 34.7 Å². The number of ketones is 1. The molecule has 1 rings (SSSR count). The Hall–Kier alpha value is -0.450. The van der Waals surface area contributed by atoms with Crippen LogP contribution >= 0.6 is 0 Å². The smallest absolute Gasteiger partial charge is 0.148 e. The minimum absolute atomic E-state index is 0.0531. The SMILES string of the molecule is CC(=O)C1CN(C)C(N(C)C)N1C. The van der Waals surface area contributed by atoms with Crippen molar-refractivity contribution in [3.63, 3.8) is 0 Å². The average Bonchev–Trinajstić information content (AvgIpc) is 2.26. The Morgan fingerprint density at radius 1 is 1.38 bits per heavy atom. The van der Waals surface area contributed by atoms with Gasteiger partial charge in [-0.2, -0.15) is 0 Å². The van der Waals surface area contributed by atoms with Crippen LogP contribution < -0.4 is 0 Å². The van der Waals surface area contributed by atoms with Gasteiger partial charge in [-0.25, -0.2) is 0 Å². The molecular formula is C9H19N3O. The highest BCUT2D eigenvalue weighted by Crippen LogP contribution is 2.18. The third kappa shape index (κ3) is 1.90. The van der Waals surface area contributed by atoms with E-state index in [0.29, 0.717) is 0 Å². The van der Waals surface area contributed by atoms with Crippen LogP contribution in [0.25, 0.3) is 0 Å². The standard InChI is InChI=1S/C9H19N3O/c1-7(13)8-6-11(4)9(10(2)3)12(8)5/h8-9H,6H2,1-5H3. The number of hydrogen-bond donors (Lipinski definition) is 0. The maximum atomic E-state index is 11.3. The molecule has 1 heterocycles. The Bertz CT molecular complexity index is 205. The fourth-order valence-corrected chi connectivity index (χ4v) is 2.14. The van der Waals surface area contributed by atoms with Gasteiger partial charge in [0.05, 0.1) is 6.04 Å². The lowest BCUT2D eigenvalue weighted by Gasteiger charge is -2.31. The molecule has 2 atom stereocenters. The second kappa shape index (κ2) is 3.74. The zero-order chi connectivity index (χ0) is 10.2. The first-order valence-corrected chi connectivity index (χ1v) is 4.54. The van der Waals surface area contributed by atoms with Crippen molar-refractivity contribution in [3.05, 3.63) is 0 Å². The molecule has 0 N–H and O–H groups in total. The van der Waals surface area contributed by atoms with Crippen molar-refractivity contribution in [1.82, 2.24) is 14.7 Å². The summed E-state index contributed by atoms with van der Waals surface area (Å²) < 4.78 is 0. The van der Waals surface area contributed by atoms with Gasteiger partial charge in [0.25, 0.3) is 0 Å². The van der Waals surface area contributed by atoms with Gasteiger partial charge in [-0.3, -0.25) is 19.5 Å². The summed E-state index contributed by atoms with van der Waals surface area (Å²) in [4.78, 5) is 17.7. The van der Waals surface area contributed by atoms with Gasteiger partial charge < -0.3 is 0 Å². The third-order valence-corrected chi connectivity index (χ3v) is 2.64. The van der Waals surface area contributed by atoms with Gasteiger partial charge in [-0.15, -0.1) is 0 Å². The predicted molar refractivity (Wildman–Crippen MR) is 52.3 cm³/mol. The van der Waals surface area contributed by atoms with Crippen LogP contribution in [0.5, 0.6) is 0 Å². The van der Waals surface area contributed by atoms with Crippen molar-refractivity contribution in [2.24, 2.45) is 0 Å². The molecule has 2 unspecified atom stereocenters. The molecule has 4 nitrogen and oxygen atoms in total. The van der Waals surface area contributed by atoms with Crippen molar-refractivity contribution in [2.45, 2.75) is 19.3 Å². The van der Waals surface area contributed by atoms with Crippen LogP contribution in [-0.2, 0) is 4.79 Å². The summed E-state index contributed by atoms with van der Waals surface area (Å²) in [5.74, 6) is 0.249. The molecule has 76 valence electrons. The average molecular weight is 185 g/mol. The summed E-state index contributed by atoms with van der Waals surface area (Å²) in [5, 5.41) is 0. The highest BCUT2D eigenvalue weighted by molar-refractivity contribution is 5.82. The van der Waals surface area contributed by atoms with Crippen LogP contribution in [0.3, 0.4) is 0 Å². The van der Waals surface area contributed by atoms with Crippen LogP contribution in [0.4, 0.5) is 0 Å². The van der Waals surface area contributed by atoms with Gasteiger partial charge >= 0.3 is 0 Å². The van der Waals surface area contributed by atoms with Crippen molar-refractivity contribution in [3.8, 4) is 0 Å². The summed E-state index contributed by atoms with van der Waals surface area (Å²) in [5.41, 5.74) is 0. The second-order valence-electron chi connectivity index (χ2n) is 4.04. The summed E-state index contributed by atoms with van der Waals surface area (Å²) in [6, 6.07) is 0.0531. The molecule has 0 aromatic carbocycles. The lowest BCUT2D eigenvalue weighted by Crippen LogP contribution is -2.47.